The Balaban J connectivity index is 1.94. The summed E-state index contributed by atoms with van der Waals surface area (Å²) in [6, 6.07) is 7.23. The van der Waals surface area contributed by atoms with Gasteiger partial charge in [-0.05, 0) is 38.0 Å². The van der Waals surface area contributed by atoms with E-state index in [1.54, 1.807) is 23.1 Å². The molecule has 0 aliphatic carbocycles. The number of hydrogen-bond donors (Lipinski definition) is 1. The van der Waals surface area contributed by atoms with E-state index in [1.807, 2.05) is 13.0 Å². The zero-order valence-corrected chi connectivity index (χ0v) is 15.4. The minimum atomic E-state index is -2.73. The molecule has 3 rings (SSSR count). The van der Waals surface area contributed by atoms with Crippen molar-refractivity contribution in [1.82, 2.24) is 4.98 Å². The molecule has 2 heterocycles. The largest absolute Gasteiger partial charge is 0.356 e. The van der Waals surface area contributed by atoms with E-state index in [2.05, 4.69) is 10.3 Å². The van der Waals surface area contributed by atoms with Crippen LogP contribution in [0.2, 0.25) is 0 Å². The monoisotopic (exact) mass is 377 g/mol. The number of aryl methyl sites for hydroxylation is 1. The number of nitrogens with zero attached hydrogens (tertiary/aromatic N) is 2. The number of carbonyl (C=O) groups excluding carboxylic acids is 1. The molecule has 27 heavy (non-hydrogen) atoms. The van der Waals surface area contributed by atoms with Crippen LogP contribution in [0.3, 0.4) is 0 Å². The Labute approximate surface area is 156 Å². The number of halogens is 3. The highest BCUT2D eigenvalue weighted by atomic mass is 19.3. The number of nitrogens with one attached hydrogen (secondary N) is 1. The van der Waals surface area contributed by atoms with Crippen molar-refractivity contribution in [2.75, 3.05) is 23.3 Å². The highest BCUT2D eigenvalue weighted by Crippen LogP contribution is 2.32. The molecular formula is C20H22F3N3O. The molecule has 1 aromatic carbocycles. The lowest BCUT2D eigenvalue weighted by molar-refractivity contribution is -0.0102. The number of aromatic nitrogens is 1. The molecule has 1 saturated heterocycles. The van der Waals surface area contributed by atoms with E-state index < -0.39 is 17.6 Å². The standard InChI is InChI=1S/C20H22F3N3O/c1-13-5-3-6-15(11-13)25-19(27)17-14(2)16(21)12-24-18(17)26-9-4-7-20(22,23)8-10-26/h3,5-6,11-12H,4,7-10H2,1-2H3,(H,25,27). The third kappa shape index (κ3) is 4.40. The lowest BCUT2D eigenvalue weighted by Crippen LogP contribution is -2.30. The highest BCUT2D eigenvalue weighted by Gasteiger charge is 2.33. The average molecular weight is 377 g/mol. The van der Waals surface area contributed by atoms with Crippen molar-refractivity contribution in [3.63, 3.8) is 0 Å². The summed E-state index contributed by atoms with van der Waals surface area (Å²) in [5.41, 5.74) is 1.79. The number of pyridine rings is 1. The molecule has 1 fully saturated rings. The van der Waals surface area contributed by atoms with Gasteiger partial charge in [0.15, 0.2) is 0 Å². The second-order valence-electron chi connectivity index (χ2n) is 6.95. The number of carbonyl (C=O) groups is 1. The van der Waals surface area contributed by atoms with Crippen LogP contribution in [-0.2, 0) is 0 Å². The molecule has 1 N–H and O–H groups in total. The van der Waals surface area contributed by atoms with Gasteiger partial charge in [-0.15, -0.1) is 0 Å². The van der Waals surface area contributed by atoms with E-state index in [0.717, 1.165) is 11.8 Å². The van der Waals surface area contributed by atoms with Crippen LogP contribution in [0.4, 0.5) is 24.7 Å². The summed E-state index contributed by atoms with van der Waals surface area (Å²) in [5, 5.41) is 2.76. The summed E-state index contributed by atoms with van der Waals surface area (Å²) in [7, 11) is 0. The van der Waals surface area contributed by atoms with Crippen LogP contribution in [0.15, 0.2) is 30.5 Å². The van der Waals surface area contributed by atoms with Crippen molar-refractivity contribution < 1.29 is 18.0 Å². The average Bonchev–Trinajstić information content (AvgIpc) is 2.77. The van der Waals surface area contributed by atoms with E-state index in [-0.39, 0.29) is 42.8 Å². The molecular weight excluding hydrogens is 355 g/mol. The fourth-order valence-electron chi connectivity index (χ4n) is 3.27. The number of anilines is 2. The summed E-state index contributed by atoms with van der Waals surface area (Å²) < 4.78 is 41.5. The second kappa shape index (κ2) is 7.58. The number of alkyl halides is 2. The second-order valence-corrected chi connectivity index (χ2v) is 6.95. The summed E-state index contributed by atoms with van der Waals surface area (Å²) in [6.45, 7) is 3.81. The Bertz CT molecular complexity index is 854. The molecule has 0 saturated carbocycles. The van der Waals surface area contributed by atoms with Gasteiger partial charge in [0, 0.05) is 37.2 Å². The first-order chi connectivity index (χ1) is 12.8. The Morgan fingerprint density at radius 1 is 1.22 bits per heavy atom. The molecule has 0 spiro atoms. The predicted octanol–water partition coefficient (Wildman–Crippen LogP) is 4.72. The Kier molecular flexibility index (Phi) is 5.39. The van der Waals surface area contributed by atoms with Gasteiger partial charge < -0.3 is 10.2 Å². The maximum absolute atomic E-state index is 14.1. The molecule has 0 unspecified atom stereocenters. The third-order valence-electron chi connectivity index (χ3n) is 4.78. The van der Waals surface area contributed by atoms with Crippen molar-refractivity contribution in [2.24, 2.45) is 0 Å². The maximum Gasteiger partial charge on any atom is 0.259 e. The fraction of sp³-hybridized carbons (Fsp3) is 0.400. The van der Waals surface area contributed by atoms with Crippen LogP contribution in [0.25, 0.3) is 0 Å². The minimum absolute atomic E-state index is 0.0653. The van der Waals surface area contributed by atoms with Crippen LogP contribution >= 0.6 is 0 Å². The van der Waals surface area contributed by atoms with E-state index in [4.69, 9.17) is 0 Å². The van der Waals surface area contributed by atoms with Crippen LogP contribution in [0, 0.1) is 19.7 Å². The molecule has 0 radical (unpaired) electrons. The minimum Gasteiger partial charge on any atom is -0.356 e. The zero-order valence-electron chi connectivity index (χ0n) is 15.4. The number of benzene rings is 1. The molecule has 7 heteroatoms. The molecule has 0 bridgehead atoms. The molecule has 1 aliphatic heterocycles. The van der Waals surface area contributed by atoms with E-state index in [1.165, 1.54) is 6.92 Å². The molecule has 1 aromatic heterocycles. The van der Waals surface area contributed by atoms with Crippen molar-refractivity contribution in [1.29, 1.82) is 0 Å². The summed E-state index contributed by atoms with van der Waals surface area (Å²) in [5.74, 6) is -3.59. The molecule has 144 valence electrons. The van der Waals surface area contributed by atoms with Gasteiger partial charge in [-0.25, -0.2) is 18.2 Å². The van der Waals surface area contributed by atoms with Gasteiger partial charge in [0.1, 0.15) is 11.6 Å². The SMILES string of the molecule is Cc1cccc(NC(=O)c2c(N3CCCC(F)(F)CC3)ncc(F)c2C)c1. The normalized spacial score (nSPS) is 16.7. The zero-order chi connectivity index (χ0) is 19.6. The number of hydrogen-bond acceptors (Lipinski definition) is 3. The lowest BCUT2D eigenvalue weighted by atomic mass is 10.1. The first-order valence-electron chi connectivity index (χ1n) is 8.93. The van der Waals surface area contributed by atoms with Crippen molar-refractivity contribution in [3.05, 3.63) is 53.0 Å². The van der Waals surface area contributed by atoms with E-state index in [9.17, 15) is 18.0 Å². The molecule has 1 amide bonds. The highest BCUT2D eigenvalue weighted by molar-refractivity contribution is 6.08. The number of amides is 1. The van der Waals surface area contributed by atoms with Gasteiger partial charge in [-0.2, -0.15) is 0 Å². The van der Waals surface area contributed by atoms with Crippen molar-refractivity contribution in [2.45, 2.75) is 39.0 Å². The van der Waals surface area contributed by atoms with Crippen LogP contribution in [0.1, 0.15) is 40.7 Å². The summed E-state index contributed by atoms with van der Waals surface area (Å²) >= 11 is 0. The van der Waals surface area contributed by atoms with Crippen molar-refractivity contribution in [3.8, 4) is 0 Å². The van der Waals surface area contributed by atoms with Crippen LogP contribution < -0.4 is 10.2 Å². The Hall–Kier alpha value is -2.57. The molecule has 0 atom stereocenters. The Morgan fingerprint density at radius 3 is 2.74 bits per heavy atom. The fourth-order valence-corrected chi connectivity index (χ4v) is 3.27. The van der Waals surface area contributed by atoms with Crippen LogP contribution in [-0.4, -0.2) is 29.9 Å². The van der Waals surface area contributed by atoms with Gasteiger partial charge in [-0.3, -0.25) is 4.79 Å². The lowest BCUT2D eigenvalue weighted by Gasteiger charge is -2.25. The first kappa shape index (κ1) is 19.2. The van der Waals surface area contributed by atoms with Gasteiger partial charge in [0.2, 0.25) is 5.92 Å². The van der Waals surface area contributed by atoms with Crippen LogP contribution in [0.5, 0.6) is 0 Å². The first-order valence-corrected chi connectivity index (χ1v) is 8.93. The van der Waals surface area contributed by atoms with Gasteiger partial charge in [0.25, 0.3) is 5.91 Å². The van der Waals surface area contributed by atoms with Gasteiger partial charge in [0.05, 0.1) is 11.8 Å². The summed E-state index contributed by atoms with van der Waals surface area (Å²) in [6.07, 6.45) is 0.805. The predicted molar refractivity (Wildman–Crippen MR) is 99.1 cm³/mol. The van der Waals surface area contributed by atoms with Gasteiger partial charge in [-0.1, -0.05) is 12.1 Å². The topological polar surface area (TPSA) is 45.2 Å². The third-order valence-corrected chi connectivity index (χ3v) is 4.78. The Morgan fingerprint density at radius 2 is 2.00 bits per heavy atom. The smallest absolute Gasteiger partial charge is 0.259 e. The molecule has 2 aromatic rings. The van der Waals surface area contributed by atoms with E-state index >= 15 is 0 Å². The van der Waals surface area contributed by atoms with E-state index in [0.29, 0.717) is 12.2 Å². The molecule has 1 aliphatic rings. The quantitative estimate of drug-likeness (QED) is 0.842. The maximum atomic E-state index is 14.1. The summed E-state index contributed by atoms with van der Waals surface area (Å²) in [4.78, 5) is 18.6. The van der Waals surface area contributed by atoms with Gasteiger partial charge >= 0.3 is 0 Å². The van der Waals surface area contributed by atoms with Crippen molar-refractivity contribution >= 4 is 17.4 Å². The number of rotatable bonds is 3. The molecule has 4 nitrogen and oxygen atoms in total.